The number of benzene rings is 1. The van der Waals surface area contributed by atoms with Gasteiger partial charge in [0.2, 0.25) is 0 Å². The number of ether oxygens (including phenoxy) is 2. The zero-order valence-corrected chi connectivity index (χ0v) is 15.7. The van der Waals surface area contributed by atoms with Gasteiger partial charge in [-0.15, -0.1) is 0 Å². The van der Waals surface area contributed by atoms with Gasteiger partial charge in [-0.3, -0.25) is 0 Å². The van der Waals surface area contributed by atoms with Crippen LogP contribution in [0.25, 0.3) is 17.5 Å². The average Bonchev–Trinajstić information content (AvgIpc) is 2.60. The van der Waals surface area contributed by atoms with Gasteiger partial charge >= 0.3 is 5.97 Å². The lowest BCUT2D eigenvalue weighted by atomic mass is 10.1. The third-order valence-corrected chi connectivity index (χ3v) is 3.89. The van der Waals surface area contributed by atoms with E-state index >= 15 is 0 Å². The molecule has 2 rings (SSSR count). The minimum absolute atomic E-state index is 0.00544. The van der Waals surface area contributed by atoms with Crippen LogP contribution in [0, 0.1) is 5.82 Å². The van der Waals surface area contributed by atoms with Crippen molar-refractivity contribution in [1.29, 1.82) is 0 Å². The van der Waals surface area contributed by atoms with Crippen LogP contribution in [-0.4, -0.2) is 35.5 Å². The summed E-state index contributed by atoms with van der Waals surface area (Å²) in [4.78, 5) is 20.3. The summed E-state index contributed by atoms with van der Waals surface area (Å²) in [5, 5.41) is 0.638. The van der Waals surface area contributed by atoms with Crippen LogP contribution in [-0.2, 0) is 4.74 Å². The highest BCUT2D eigenvalue weighted by Gasteiger charge is 2.22. The number of halogens is 3. The molecule has 0 saturated carbocycles. The molecule has 2 N–H and O–H groups in total. The zero-order chi connectivity index (χ0) is 18.6. The normalized spacial score (nSPS) is 10.9. The first kappa shape index (κ1) is 19.1. The van der Waals surface area contributed by atoms with E-state index in [2.05, 4.69) is 25.9 Å². The predicted octanol–water partition coefficient (Wildman–Crippen LogP) is 3.72. The molecule has 132 valence electrons. The fraction of sp³-hybridized carbons (Fsp3) is 0.188. The summed E-state index contributed by atoms with van der Waals surface area (Å²) >= 11 is 9.12. The molecule has 9 heteroatoms. The van der Waals surface area contributed by atoms with Crippen molar-refractivity contribution in [2.45, 2.75) is 0 Å². The van der Waals surface area contributed by atoms with Crippen LogP contribution in [0.1, 0.15) is 16.1 Å². The SMILES string of the molecule is COC(=O)c1nc(-c2ccc(Cl)c(OC)c2F)nc(N)c1C=CCBr. The van der Waals surface area contributed by atoms with Crippen molar-refractivity contribution in [3.05, 3.63) is 40.3 Å². The zero-order valence-electron chi connectivity index (χ0n) is 13.3. The number of hydrogen-bond acceptors (Lipinski definition) is 6. The summed E-state index contributed by atoms with van der Waals surface area (Å²) < 4.78 is 24.3. The smallest absolute Gasteiger partial charge is 0.357 e. The second-order valence-corrected chi connectivity index (χ2v) is 5.74. The number of carbonyl (C=O) groups is 1. The third kappa shape index (κ3) is 3.91. The van der Waals surface area contributed by atoms with Crippen molar-refractivity contribution in [2.24, 2.45) is 0 Å². The molecule has 1 aromatic heterocycles. The molecule has 0 unspecified atom stereocenters. The second-order valence-electron chi connectivity index (χ2n) is 4.69. The molecule has 0 aliphatic heterocycles. The Labute approximate surface area is 156 Å². The van der Waals surface area contributed by atoms with Gasteiger partial charge in [-0.05, 0) is 12.1 Å². The summed E-state index contributed by atoms with van der Waals surface area (Å²) in [5.74, 6) is -1.69. The lowest BCUT2D eigenvalue weighted by molar-refractivity contribution is 0.0593. The van der Waals surface area contributed by atoms with Gasteiger partial charge in [0.05, 0.1) is 24.8 Å². The molecule has 6 nitrogen and oxygen atoms in total. The standard InChI is InChI=1S/C16H14BrClFN3O3/c1-24-13-10(18)6-5-8(11(13)19)15-21-12(16(23)25-2)9(4-3-7-17)14(20)22-15/h3-6H,7H2,1-2H3,(H2,20,21,22). The largest absolute Gasteiger partial charge is 0.492 e. The highest BCUT2D eigenvalue weighted by atomic mass is 79.9. The Morgan fingerprint density at radius 1 is 1.40 bits per heavy atom. The van der Waals surface area contributed by atoms with E-state index in [9.17, 15) is 9.18 Å². The molecule has 0 amide bonds. The van der Waals surface area contributed by atoms with E-state index in [1.54, 1.807) is 12.2 Å². The maximum atomic E-state index is 14.6. The molecule has 0 spiro atoms. The summed E-state index contributed by atoms with van der Waals surface area (Å²) in [6, 6.07) is 2.82. The number of nitrogens with two attached hydrogens (primary N) is 1. The summed E-state index contributed by atoms with van der Waals surface area (Å²) in [7, 11) is 2.50. The Bertz CT molecular complexity index is 846. The van der Waals surface area contributed by atoms with E-state index in [1.807, 2.05) is 0 Å². The number of aromatic nitrogens is 2. The number of alkyl halides is 1. The quantitative estimate of drug-likeness (QED) is 0.574. The van der Waals surface area contributed by atoms with E-state index in [-0.39, 0.29) is 39.2 Å². The molecule has 0 aliphatic carbocycles. The van der Waals surface area contributed by atoms with Gasteiger partial charge in [-0.2, -0.15) is 0 Å². The lowest BCUT2D eigenvalue weighted by Gasteiger charge is -2.12. The number of methoxy groups -OCH3 is 2. The molecule has 0 saturated heterocycles. The summed E-state index contributed by atoms with van der Waals surface area (Å²) in [6.07, 6.45) is 3.30. The average molecular weight is 431 g/mol. The third-order valence-electron chi connectivity index (χ3n) is 3.22. The van der Waals surface area contributed by atoms with Crippen LogP contribution in [0.3, 0.4) is 0 Å². The minimum Gasteiger partial charge on any atom is -0.492 e. The molecule has 2 aromatic rings. The fourth-order valence-corrected chi connectivity index (χ4v) is 2.49. The maximum absolute atomic E-state index is 14.6. The van der Waals surface area contributed by atoms with Crippen LogP contribution in [0.4, 0.5) is 10.2 Å². The van der Waals surface area contributed by atoms with Crippen LogP contribution in [0.2, 0.25) is 5.02 Å². The van der Waals surface area contributed by atoms with Gasteiger partial charge in [0, 0.05) is 10.9 Å². The Balaban J connectivity index is 2.71. The number of carbonyl (C=O) groups excluding carboxylic acids is 1. The van der Waals surface area contributed by atoms with Gasteiger partial charge in [-0.1, -0.05) is 39.7 Å². The van der Waals surface area contributed by atoms with Crippen molar-refractivity contribution in [2.75, 3.05) is 25.3 Å². The Kier molecular flexibility index (Phi) is 6.33. The lowest BCUT2D eigenvalue weighted by Crippen LogP contribution is -2.12. The maximum Gasteiger partial charge on any atom is 0.357 e. The molecular formula is C16H14BrClFN3O3. The van der Waals surface area contributed by atoms with Crippen LogP contribution >= 0.6 is 27.5 Å². The Morgan fingerprint density at radius 2 is 2.12 bits per heavy atom. The van der Waals surface area contributed by atoms with Crippen molar-refractivity contribution in [3.8, 4) is 17.1 Å². The number of nitrogen functional groups attached to an aromatic ring is 1. The highest BCUT2D eigenvalue weighted by Crippen LogP contribution is 2.34. The number of allylic oxidation sites excluding steroid dienone is 1. The van der Waals surface area contributed by atoms with E-state index in [4.69, 9.17) is 26.8 Å². The number of anilines is 1. The topological polar surface area (TPSA) is 87.3 Å². The first-order valence-corrected chi connectivity index (χ1v) is 8.45. The Morgan fingerprint density at radius 3 is 2.72 bits per heavy atom. The molecule has 25 heavy (non-hydrogen) atoms. The predicted molar refractivity (Wildman–Crippen MR) is 97.6 cm³/mol. The number of rotatable bonds is 5. The monoisotopic (exact) mass is 429 g/mol. The van der Waals surface area contributed by atoms with E-state index in [1.165, 1.54) is 26.4 Å². The minimum atomic E-state index is -0.756. The molecule has 0 atom stereocenters. The molecule has 0 bridgehead atoms. The van der Waals surface area contributed by atoms with E-state index < -0.39 is 11.8 Å². The van der Waals surface area contributed by atoms with Gasteiger partial charge < -0.3 is 15.2 Å². The van der Waals surface area contributed by atoms with Gasteiger partial charge in [0.25, 0.3) is 0 Å². The first-order chi connectivity index (χ1) is 11.9. The Hall–Kier alpha value is -2.19. The van der Waals surface area contributed by atoms with Gasteiger partial charge in [-0.25, -0.2) is 19.2 Å². The van der Waals surface area contributed by atoms with Crippen molar-refractivity contribution >= 4 is 45.4 Å². The summed E-state index contributed by atoms with van der Waals surface area (Å²) in [6.45, 7) is 0. The molecule has 0 radical (unpaired) electrons. The van der Waals surface area contributed by atoms with Gasteiger partial charge in [0.15, 0.2) is 23.1 Å². The summed E-state index contributed by atoms with van der Waals surface area (Å²) in [5.41, 5.74) is 6.15. The molecule has 0 fully saturated rings. The molecule has 1 heterocycles. The molecule has 1 aromatic carbocycles. The number of nitrogens with zero attached hydrogens (tertiary/aromatic N) is 2. The van der Waals surface area contributed by atoms with Crippen molar-refractivity contribution < 1.29 is 18.7 Å². The van der Waals surface area contributed by atoms with Crippen molar-refractivity contribution in [3.63, 3.8) is 0 Å². The van der Waals surface area contributed by atoms with Crippen LogP contribution in [0.15, 0.2) is 18.2 Å². The van der Waals surface area contributed by atoms with E-state index in [0.29, 0.717) is 5.33 Å². The van der Waals surface area contributed by atoms with Crippen LogP contribution in [0.5, 0.6) is 5.75 Å². The highest BCUT2D eigenvalue weighted by molar-refractivity contribution is 9.09. The number of hydrogen-bond donors (Lipinski definition) is 1. The van der Waals surface area contributed by atoms with E-state index in [0.717, 1.165) is 0 Å². The first-order valence-electron chi connectivity index (χ1n) is 6.95. The van der Waals surface area contributed by atoms with Gasteiger partial charge in [0.1, 0.15) is 5.82 Å². The van der Waals surface area contributed by atoms with Crippen molar-refractivity contribution in [1.82, 2.24) is 9.97 Å². The molecular weight excluding hydrogens is 417 g/mol. The van der Waals surface area contributed by atoms with Crippen LogP contribution < -0.4 is 10.5 Å². The second kappa shape index (κ2) is 8.26. The molecule has 0 aliphatic rings. The fourth-order valence-electron chi connectivity index (χ4n) is 2.08. The number of esters is 1.